The van der Waals surface area contributed by atoms with Gasteiger partial charge in [-0.1, -0.05) is 41.4 Å². The first-order valence-corrected chi connectivity index (χ1v) is 6.33. The van der Waals surface area contributed by atoms with Crippen molar-refractivity contribution in [2.75, 3.05) is 7.11 Å². The molecule has 2 aromatic carbocycles. The van der Waals surface area contributed by atoms with Crippen LogP contribution in [-0.4, -0.2) is 7.11 Å². The van der Waals surface area contributed by atoms with E-state index in [1.807, 2.05) is 0 Å². The van der Waals surface area contributed by atoms with Gasteiger partial charge in [-0.15, -0.1) is 0 Å². The second kappa shape index (κ2) is 5.78. The summed E-state index contributed by atoms with van der Waals surface area (Å²) in [5, 5.41) is 0.701. The molecule has 0 amide bonds. The molecule has 2 N–H and O–H groups in total. The first kappa shape index (κ1) is 14.1. The van der Waals surface area contributed by atoms with Crippen molar-refractivity contribution in [1.29, 1.82) is 0 Å². The van der Waals surface area contributed by atoms with E-state index in [2.05, 4.69) is 0 Å². The van der Waals surface area contributed by atoms with Gasteiger partial charge in [0.15, 0.2) is 0 Å². The lowest BCUT2D eigenvalue weighted by molar-refractivity contribution is 0.402. The smallest absolute Gasteiger partial charge is 0.132 e. The van der Waals surface area contributed by atoms with E-state index in [1.165, 1.54) is 13.2 Å². The van der Waals surface area contributed by atoms with Crippen LogP contribution in [0.4, 0.5) is 4.39 Å². The van der Waals surface area contributed by atoms with Gasteiger partial charge in [0.25, 0.3) is 0 Å². The Morgan fingerprint density at radius 3 is 2.53 bits per heavy atom. The highest BCUT2D eigenvalue weighted by Crippen LogP contribution is 2.36. The molecule has 0 aliphatic carbocycles. The zero-order valence-corrected chi connectivity index (χ0v) is 11.7. The lowest BCUT2D eigenvalue weighted by Gasteiger charge is -2.18. The van der Waals surface area contributed by atoms with Crippen molar-refractivity contribution >= 4 is 23.2 Å². The topological polar surface area (TPSA) is 35.2 Å². The summed E-state index contributed by atoms with van der Waals surface area (Å²) >= 11 is 12.1. The lowest BCUT2D eigenvalue weighted by atomic mass is 9.98. The minimum atomic E-state index is -0.748. The Balaban J connectivity index is 2.56. The zero-order chi connectivity index (χ0) is 14.0. The van der Waals surface area contributed by atoms with Crippen molar-refractivity contribution < 1.29 is 9.13 Å². The molecular formula is C14H12Cl2FNO. The maximum absolute atomic E-state index is 14.0. The average Bonchev–Trinajstić information content (AvgIpc) is 2.40. The maximum atomic E-state index is 14.0. The Bertz CT molecular complexity index is 604. The van der Waals surface area contributed by atoms with Crippen molar-refractivity contribution in [3.8, 4) is 5.75 Å². The third-order valence-electron chi connectivity index (χ3n) is 2.86. The molecule has 0 spiro atoms. The van der Waals surface area contributed by atoms with Gasteiger partial charge in [-0.3, -0.25) is 0 Å². The summed E-state index contributed by atoms with van der Waals surface area (Å²) in [6.07, 6.45) is 0. The first-order valence-electron chi connectivity index (χ1n) is 5.58. The first-order chi connectivity index (χ1) is 9.06. The van der Waals surface area contributed by atoms with Crippen molar-refractivity contribution in [1.82, 2.24) is 0 Å². The normalized spacial score (nSPS) is 12.3. The van der Waals surface area contributed by atoms with Crippen molar-refractivity contribution in [3.05, 3.63) is 63.4 Å². The fourth-order valence-electron chi connectivity index (χ4n) is 1.91. The standard InChI is InChI=1S/C14H12Cl2FNO/c1-19-11-7-3-6-10(17)12(11)14(18)8-4-2-5-9(15)13(8)16/h2-7,14H,18H2,1H3. The zero-order valence-electron chi connectivity index (χ0n) is 10.2. The van der Waals surface area contributed by atoms with E-state index in [9.17, 15) is 4.39 Å². The third-order valence-corrected chi connectivity index (χ3v) is 3.69. The number of benzene rings is 2. The molecule has 2 nitrogen and oxygen atoms in total. The predicted molar refractivity (Wildman–Crippen MR) is 75.4 cm³/mol. The van der Waals surface area contributed by atoms with Crippen LogP contribution in [0.15, 0.2) is 36.4 Å². The maximum Gasteiger partial charge on any atom is 0.132 e. The molecule has 2 aromatic rings. The van der Waals surface area contributed by atoms with Gasteiger partial charge in [0.1, 0.15) is 11.6 Å². The lowest BCUT2D eigenvalue weighted by Crippen LogP contribution is -2.15. The fourth-order valence-corrected chi connectivity index (χ4v) is 2.34. The number of halogens is 3. The molecule has 2 rings (SSSR count). The predicted octanol–water partition coefficient (Wildman–Crippen LogP) is 4.19. The highest BCUT2D eigenvalue weighted by Gasteiger charge is 2.21. The van der Waals surface area contributed by atoms with Crippen LogP contribution in [0, 0.1) is 5.82 Å². The number of ether oxygens (including phenoxy) is 1. The molecule has 0 radical (unpaired) electrons. The molecule has 0 aromatic heterocycles. The molecule has 1 atom stereocenters. The summed E-state index contributed by atoms with van der Waals surface area (Å²) < 4.78 is 19.1. The molecule has 0 saturated heterocycles. The van der Waals surface area contributed by atoms with Gasteiger partial charge < -0.3 is 10.5 Å². The van der Waals surface area contributed by atoms with Gasteiger partial charge in [-0.05, 0) is 23.8 Å². The molecule has 0 heterocycles. The SMILES string of the molecule is COc1cccc(F)c1C(N)c1cccc(Cl)c1Cl. The van der Waals surface area contributed by atoms with Gasteiger partial charge in [0.05, 0.1) is 28.8 Å². The van der Waals surface area contributed by atoms with Crippen LogP contribution in [0.5, 0.6) is 5.75 Å². The monoisotopic (exact) mass is 299 g/mol. The molecule has 0 saturated carbocycles. The van der Waals surface area contributed by atoms with Crippen LogP contribution in [-0.2, 0) is 0 Å². The second-order valence-electron chi connectivity index (χ2n) is 3.98. The van der Waals surface area contributed by atoms with E-state index >= 15 is 0 Å². The summed E-state index contributed by atoms with van der Waals surface area (Å²) in [4.78, 5) is 0. The molecule has 0 bridgehead atoms. The summed E-state index contributed by atoms with van der Waals surface area (Å²) in [5.41, 5.74) is 6.91. The molecule has 0 aliphatic heterocycles. The van der Waals surface area contributed by atoms with Gasteiger partial charge in [0, 0.05) is 0 Å². The van der Waals surface area contributed by atoms with Crippen LogP contribution in [0.3, 0.4) is 0 Å². The van der Waals surface area contributed by atoms with E-state index < -0.39 is 11.9 Å². The summed E-state index contributed by atoms with van der Waals surface area (Å²) in [6.45, 7) is 0. The van der Waals surface area contributed by atoms with Crippen molar-refractivity contribution in [2.24, 2.45) is 5.73 Å². The fraction of sp³-hybridized carbons (Fsp3) is 0.143. The molecule has 5 heteroatoms. The largest absolute Gasteiger partial charge is 0.496 e. The number of nitrogens with two attached hydrogens (primary N) is 1. The van der Waals surface area contributed by atoms with E-state index in [1.54, 1.807) is 30.3 Å². The molecule has 19 heavy (non-hydrogen) atoms. The minimum absolute atomic E-state index is 0.258. The number of rotatable bonds is 3. The van der Waals surface area contributed by atoms with Crippen LogP contribution >= 0.6 is 23.2 Å². The Morgan fingerprint density at radius 2 is 1.84 bits per heavy atom. The molecule has 0 aliphatic rings. The molecule has 100 valence electrons. The minimum Gasteiger partial charge on any atom is -0.496 e. The Kier molecular flexibility index (Phi) is 4.30. The van der Waals surface area contributed by atoms with Crippen molar-refractivity contribution in [2.45, 2.75) is 6.04 Å². The van der Waals surface area contributed by atoms with Crippen LogP contribution in [0.2, 0.25) is 10.0 Å². The molecule has 1 unspecified atom stereocenters. The highest BCUT2D eigenvalue weighted by molar-refractivity contribution is 6.42. The summed E-state index contributed by atoms with van der Waals surface area (Å²) in [5.74, 6) is -0.0635. The van der Waals surface area contributed by atoms with E-state index in [0.717, 1.165) is 0 Å². The molecule has 0 fully saturated rings. The van der Waals surface area contributed by atoms with E-state index in [-0.39, 0.29) is 5.56 Å². The van der Waals surface area contributed by atoms with Gasteiger partial charge >= 0.3 is 0 Å². The average molecular weight is 300 g/mol. The summed E-state index contributed by atoms with van der Waals surface area (Å²) in [7, 11) is 1.46. The highest BCUT2D eigenvalue weighted by atomic mass is 35.5. The quantitative estimate of drug-likeness (QED) is 0.922. The van der Waals surface area contributed by atoms with Crippen LogP contribution in [0.25, 0.3) is 0 Å². The third kappa shape index (κ3) is 2.68. The summed E-state index contributed by atoms with van der Waals surface area (Å²) in [6, 6.07) is 8.87. The Hall–Kier alpha value is -1.29. The van der Waals surface area contributed by atoms with E-state index in [4.69, 9.17) is 33.7 Å². The van der Waals surface area contributed by atoms with E-state index in [0.29, 0.717) is 21.4 Å². The second-order valence-corrected chi connectivity index (χ2v) is 4.76. The Labute approximate surface area is 120 Å². The van der Waals surface area contributed by atoms with Gasteiger partial charge in [-0.2, -0.15) is 0 Å². The Morgan fingerprint density at radius 1 is 1.16 bits per heavy atom. The van der Waals surface area contributed by atoms with Gasteiger partial charge in [-0.25, -0.2) is 4.39 Å². The van der Waals surface area contributed by atoms with Crippen molar-refractivity contribution in [3.63, 3.8) is 0 Å². The number of hydrogen-bond acceptors (Lipinski definition) is 2. The molecular weight excluding hydrogens is 288 g/mol. The van der Waals surface area contributed by atoms with Crippen LogP contribution in [0.1, 0.15) is 17.2 Å². The van der Waals surface area contributed by atoms with Crippen LogP contribution < -0.4 is 10.5 Å². The number of methoxy groups -OCH3 is 1. The number of hydrogen-bond donors (Lipinski definition) is 1. The van der Waals surface area contributed by atoms with Gasteiger partial charge in [0.2, 0.25) is 0 Å².